The number of ether oxygens (including phenoxy) is 1. The molecular weight excluding hydrogens is 448 g/mol. The van der Waals surface area contributed by atoms with Crippen LogP contribution in [0.15, 0.2) is 58.3 Å². The normalized spacial score (nSPS) is 24.4. The van der Waals surface area contributed by atoms with E-state index in [1.54, 1.807) is 24.3 Å². The lowest BCUT2D eigenvalue weighted by Crippen LogP contribution is -2.36. The number of rotatable bonds is 8. The molecule has 170 valence electrons. The summed E-state index contributed by atoms with van der Waals surface area (Å²) in [6.07, 6.45) is -5.34. The zero-order chi connectivity index (χ0) is 22.8. The summed E-state index contributed by atoms with van der Waals surface area (Å²) in [6.45, 7) is 2.50. The summed E-state index contributed by atoms with van der Waals surface area (Å²) in [5.41, 5.74) is 1.75. The molecule has 4 atom stereocenters. The van der Waals surface area contributed by atoms with Crippen molar-refractivity contribution in [3.8, 4) is 0 Å². The maximum absolute atomic E-state index is 12.3. The van der Waals surface area contributed by atoms with Crippen LogP contribution in [0.5, 0.6) is 0 Å². The monoisotopic (exact) mass is 472 g/mol. The van der Waals surface area contributed by atoms with Gasteiger partial charge in [-0.1, -0.05) is 35.4 Å². The van der Waals surface area contributed by atoms with E-state index < -0.39 is 57.9 Å². The minimum absolute atomic E-state index is 0.0600. The first-order chi connectivity index (χ1) is 14.5. The molecule has 1 aliphatic heterocycles. The van der Waals surface area contributed by atoms with E-state index in [0.29, 0.717) is 0 Å². The van der Waals surface area contributed by atoms with Gasteiger partial charge in [-0.15, -0.1) is 0 Å². The lowest BCUT2D eigenvalue weighted by molar-refractivity contribution is -0.0293. The number of aryl methyl sites for hydroxylation is 2. The first-order valence-corrected chi connectivity index (χ1v) is 12.2. The molecule has 0 aromatic heterocycles. The zero-order valence-corrected chi connectivity index (χ0v) is 18.5. The number of hydrogen-bond acceptors (Lipinski definition) is 9. The molecule has 11 heteroatoms. The zero-order valence-electron chi connectivity index (χ0n) is 16.9. The van der Waals surface area contributed by atoms with Gasteiger partial charge in [-0.05, 0) is 38.1 Å². The molecule has 0 bridgehead atoms. The Hall–Kier alpha value is -1.86. The fourth-order valence-electron chi connectivity index (χ4n) is 2.96. The van der Waals surface area contributed by atoms with Gasteiger partial charge in [-0.2, -0.15) is 16.8 Å². The van der Waals surface area contributed by atoms with E-state index in [9.17, 15) is 27.0 Å². The number of aliphatic hydroxyl groups excluding tert-OH is 2. The quantitative estimate of drug-likeness (QED) is 0.537. The first-order valence-electron chi connectivity index (χ1n) is 9.43. The molecule has 0 amide bonds. The van der Waals surface area contributed by atoms with Crippen molar-refractivity contribution in [3.05, 3.63) is 59.7 Å². The molecule has 0 unspecified atom stereocenters. The van der Waals surface area contributed by atoms with Gasteiger partial charge < -0.3 is 14.9 Å². The van der Waals surface area contributed by atoms with Crippen molar-refractivity contribution in [3.63, 3.8) is 0 Å². The summed E-state index contributed by atoms with van der Waals surface area (Å²) >= 11 is 0. The Labute approximate surface area is 181 Å². The summed E-state index contributed by atoms with van der Waals surface area (Å²) in [4.78, 5) is -0.120. The highest BCUT2D eigenvalue weighted by atomic mass is 32.2. The molecule has 1 heterocycles. The SMILES string of the molecule is Cc1ccc(S(=O)(=O)OC[C@@H]2O[C@@H](COS(=O)(=O)c3ccc(C)cc3)[C@@H](O)[C@@H]2O)cc1. The highest BCUT2D eigenvalue weighted by Crippen LogP contribution is 2.25. The summed E-state index contributed by atoms with van der Waals surface area (Å²) < 4.78 is 64.4. The predicted octanol–water partition coefficient (Wildman–Crippen LogP) is 0.903. The van der Waals surface area contributed by atoms with Crippen LogP contribution in [0, 0.1) is 13.8 Å². The van der Waals surface area contributed by atoms with Crippen LogP contribution >= 0.6 is 0 Å². The topological polar surface area (TPSA) is 136 Å². The summed E-state index contributed by atoms with van der Waals surface area (Å²) in [5, 5.41) is 20.3. The third-order valence-electron chi connectivity index (χ3n) is 4.86. The van der Waals surface area contributed by atoms with Crippen LogP contribution in [-0.2, 0) is 33.3 Å². The van der Waals surface area contributed by atoms with E-state index in [2.05, 4.69) is 0 Å². The first kappa shape index (κ1) is 23.8. The van der Waals surface area contributed by atoms with E-state index in [1.165, 1.54) is 24.3 Å². The highest BCUT2D eigenvalue weighted by molar-refractivity contribution is 7.87. The molecule has 2 N–H and O–H groups in total. The van der Waals surface area contributed by atoms with E-state index in [4.69, 9.17) is 13.1 Å². The van der Waals surface area contributed by atoms with E-state index in [0.717, 1.165) is 11.1 Å². The van der Waals surface area contributed by atoms with Crippen molar-refractivity contribution >= 4 is 20.2 Å². The van der Waals surface area contributed by atoms with Crippen LogP contribution in [0.1, 0.15) is 11.1 Å². The standard InChI is InChI=1S/C20H24O9S2/c1-13-3-7-15(8-4-13)30(23,24)27-11-17-19(21)20(22)18(29-17)12-28-31(25,26)16-9-5-14(2)6-10-16/h3-10,17-22H,11-12H2,1-2H3/t17-,18-,19+,20+/m0/s1. The fraction of sp³-hybridized carbons (Fsp3) is 0.400. The van der Waals surface area contributed by atoms with Gasteiger partial charge in [0.25, 0.3) is 20.2 Å². The van der Waals surface area contributed by atoms with Gasteiger partial charge in [0.05, 0.1) is 23.0 Å². The Balaban J connectivity index is 1.59. The Morgan fingerprint density at radius 1 is 0.710 bits per heavy atom. The van der Waals surface area contributed by atoms with Crippen molar-refractivity contribution in [1.82, 2.24) is 0 Å². The molecule has 1 aliphatic rings. The molecule has 3 rings (SSSR count). The second-order valence-electron chi connectivity index (χ2n) is 7.30. The van der Waals surface area contributed by atoms with Crippen molar-refractivity contribution in [2.75, 3.05) is 13.2 Å². The average Bonchev–Trinajstić information content (AvgIpc) is 2.99. The molecule has 0 aliphatic carbocycles. The lowest BCUT2D eigenvalue weighted by atomic mass is 10.1. The maximum atomic E-state index is 12.3. The molecule has 1 saturated heterocycles. The Morgan fingerprint density at radius 2 is 1.03 bits per heavy atom. The molecule has 31 heavy (non-hydrogen) atoms. The third kappa shape index (κ3) is 5.69. The van der Waals surface area contributed by atoms with Crippen molar-refractivity contribution in [2.45, 2.75) is 48.1 Å². The van der Waals surface area contributed by atoms with Gasteiger partial charge in [-0.25, -0.2) is 0 Å². The largest absolute Gasteiger partial charge is 0.388 e. The minimum atomic E-state index is -4.10. The fourth-order valence-corrected chi connectivity index (χ4v) is 4.80. The number of hydrogen-bond donors (Lipinski definition) is 2. The molecule has 2 aromatic rings. The Morgan fingerprint density at radius 3 is 1.35 bits per heavy atom. The molecule has 0 saturated carbocycles. The van der Waals surface area contributed by atoms with Crippen molar-refractivity contribution in [2.24, 2.45) is 0 Å². The molecule has 1 fully saturated rings. The van der Waals surface area contributed by atoms with Crippen LogP contribution < -0.4 is 0 Å². The van der Waals surface area contributed by atoms with Gasteiger partial charge in [0.1, 0.15) is 24.4 Å². The summed E-state index contributed by atoms with van der Waals surface area (Å²) in [5.74, 6) is 0. The van der Waals surface area contributed by atoms with Gasteiger partial charge in [0, 0.05) is 0 Å². The number of benzene rings is 2. The Kier molecular flexibility index (Phi) is 7.16. The summed E-state index contributed by atoms with van der Waals surface area (Å²) in [6, 6.07) is 12.0. The number of aliphatic hydroxyl groups is 2. The average molecular weight is 473 g/mol. The van der Waals surface area contributed by atoms with Crippen LogP contribution in [0.3, 0.4) is 0 Å². The molecule has 9 nitrogen and oxygen atoms in total. The molecule has 0 radical (unpaired) electrons. The van der Waals surface area contributed by atoms with E-state index in [-0.39, 0.29) is 9.79 Å². The van der Waals surface area contributed by atoms with E-state index in [1.807, 2.05) is 13.8 Å². The van der Waals surface area contributed by atoms with Gasteiger partial charge in [0.2, 0.25) is 0 Å². The van der Waals surface area contributed by atoms with Gasteiger partial charge in [0.15, 0.2) is 0 Å². The van der Waals surface area contributed by atoms with Gasteiger partial charge >= 0.3 is 0 Å². The lowest BCUT2D eigenvalue weighted by Gasteiger charge is -2.15. The smallest absolute Gasteiger partial charge is 0.297 e. The van der Waals surface area contributed by atoms with Crippen LogP contribution in [0.25, 0.3) is 0 Å². The second-order valence-corrected chi connectivity index (χ2v) is 10.5. The Bertz CT molecular complexity index is 1000. The van der Waals surface area contributed by atoms with Crippen molar-refractivity contribution in [1.29, 1.82) is 0 Å². The third-order valence-corrected chi connectivity index (χ3v) is 7.45. The van der Waals surface area contributed by atoms with Crippen LogP contribution in [0.2, 0.25) is 0 Å². The highest BCUT2D eigenvalue weighted by Gasteiger charge is 2.44. The van der Waals surface area contributed by atoms with E-state index >= 15 is 0 Å². The van der Waals surface area contributed by atoms with Crippen LogP contribution in [0.4, 0.5) is 0 Å². The molecule has 2 aromatic carbocycles. The predicted molar refractivity (Wildman–Crippen MR) is 109 cm³/mol. The molecule has 0 spiro atoms. The summed E-state index contributed by atoms with van der Waals surface area (Å²) in [7, 11) is -8.20. The molecular formula is C20H24O9S2. The van der Waals surface area contributed by atoms with Crippen LogP contribution in [-0.4, -0.2) is 64.7 Å². The maximum Gasteiger partial charge on any atom is 0.297 e. The van der Waals surface area contributed by atoms with Gasteiger partial charge in [-0.3, -0.25) is 8.37 Å². The minimum Gasteiger partial charge on any atom is -0.388 e. The second kappa shape index (κ2) is 9.33. The van der Waals surface area contributed by atoms with Crippen molar-refractivity contribution < 1.29 is 40.2 Å².